The third kappa shape index (κ3) is 2.72. The number of aliphatic carboxylic acids is 1. The largest absolute Gasteiger partial charge is 0.481 e. The summed E-state index contributed by atoms with van der Waals surface area (Å²) in [6.07, 6.45) is -4.94. The zero-order valence-corrected chi connectivity index (χ0v) is 9.40. The first kappa shape index (κ1) is 13.1. The van der Waals surface area contributed by atoms with Gasteiger partial charge in [0.2, 0.25) is 5.95 Å². The minimum absolute atomic E-state index is 0.0291. The molecule has 0 spiro atoms. The first-order valence-corrected chi connectivity index (χ1v) is 5.12. The number of fused-ring (bicyclic) bond motifs is 1. The van der Waals surface area contributed by atoms with Crippen LogP contribution in [0.2, 0.25) is 0 Å². The zero-order valence-electron chi connectivity index (χ0n) is 9.40. The zero-order chi connectivity index (χ0) is 14.2. The van der Waals surface area contributed by atoms with Crippen molar-refractivity contribution < 1.29 is 23.1 Å². The topological polar surface area (TPSA) is 89.1 Å². The van der Waals surface area contributed by atoms with Gasteiger partial charge in [-0.2, -0.15) is 13.2 Å². The van der Waals surface area contributed by atoms with Crippen molar-refractivity contribution in [2.45, 2.75) is 12.6 Å². The highest BCUT2D eigenvalue weighted by Gasteiger charge is 2.30. The number of rotatable bonds is 2. The van der Waals surface area contributed by atoms with Gasteiger partial charge in [0.1, 0.15) is 0 Å². The van der Waals surface area contributed by atoms with E-state index in [9.17, 15) is 18.0 Å². The quantitative estimate of drug-likeness (QED) is 0.870. The summed E-state index contributed by atoms with van der Waals surface area (Å²) in [4.78, 5) is 18.1. The summed E-state index contributed by atoms with van der Waals surface area (Å²) in [5.41, 5.74) is 4.55. The van der Waals surface area contributed by atoms with E-state index >= 15 is 0 Å². The Morgan fingerprint density at radius 2 is 2.00 bits per heavy atom. The second-order valence-electron chi connectivity index (χ2n) is 3.83. The van der Waals surface area contributed by atoms with E-state index in [0.717, 1.165) is 18.2 Å². The number of halogens is 3. The Morgan fingerprint density at radius 3 is 2.58 bits per heavy atom. The van der Waals surface area contributed by atoms with Crippen molar-refractivity contribution in [2.24, 2.45) is 0 Å². The number of anilines is 1. The Bertz CT molecular complexity index is 655. The molecular formula is C11H8F3N3O2. The second kappa shape index (κ2) is 4.38. The molecule has 2 rings (SSSR count). The van der Waals surface area contributed by atoms with E-state index < -0.39 is 24.1 Å². The molecule has 0 bridgehead atoms. The highest BCUT2D eigenvalue weighted by molar-refractivity contribution is 5.86. The summed E-state index contributed by atoms with van der Waals surface area (Å²) in [6, 6.07) is 2.82. The fourth-order valence-corrected chi connectivity index (χ4v) is 1.67. The molecule has 0 saturated heterocycles. The Morgan fingerprint density at radius 1 is 1.32 bits per heavy atom. The van der Waals surface area contributed by atoms with Gasteiger partial charge in [-0.15, -0.1) is 0 Å². The van der Waals surface area contributed by atoms with Crippen molar-refractivity contribution in [3.05, 3.63) is 29.5 Å². The SMILES string of the molecule is Nc1nc(CC(=O)O)c2ccc(C(F)(F)F)cc2n1. The van der Waals surface area contributed by atoms with Gasteiger partial charge in [0, 0.05) is 5.39 Å². The molecule has 5 nitrogen and oxygen atoms in total. The first-order valence-electron chi connectivity index (χ1n) is 5.12. The molecule has 1 aromatic carbocycles. The van der Waals surface area contributed by atoms with Crippen LogP contribution < -0.4 is 5.73 Å². The number of nitrogens with two attached hydrogens (primary N) is 1. The Labute approximate surface area is 104 Å². The van der Waals surface area contributed by atoms with Gasteiger partial charge in [-0.1, -0.05) is 6.07 Å². The maximum atomic E-state index is 12.6. The highest BCUT2D eigenvalue weighted by atomic mass is 19.4. The number of alkyl halides is 3. The predicted octanol–water partition coefficient (Wildman–Crippen LogP) is 1.86. The summed E-state index contributed by atoms with van der Waals surface area (Å²) in [5.74, 6) is -1.41. The lowest BCUT2D eigenvalue weighted by Crippen LogP contribution is -2.08. The molecule has 8 heteroatoms. The van der Waals surface area contributed by atoms with Gasteiger partial charge in [0.25, 0.3) is 0 Å². The standard InChI is InChI=1S/C11H8F3N3O2/c12-11(13,14)5-1-2-6-7(3-5)16-10(15)17-8(6)4-9(18)19/h1-3H,4H2,(H,18,19)(H2,15,16,17). The maximum absolute atomic E-state index is 12.6. The molecule has 1 aromatic heterocycles. The van der Waals surface area contributed by atoms with E-state index in [1.807, 2.05) is 0 Å². The summed E-state index contributed by atoms with van der Waals surface area (Å²) >= 11 is 0. The Hall–Kier alpha value is -2.38. The fraction of sp³-hybridized carbons (Fsp3) is 0.182. The van der Waals surface area contributed by atoms with Gasteiger partial charge in [0.05, 0.1) is 23.2 Å². The van der Waals surface area contributed by atoms with Crippen LogP contribution in [0, 0.1) is 0 Å². The summed E-state index contributed by atoms with van der Waals surface area (Å²) < 4.78 is 37.7. The van der Waals surface area contributed by atoms with Gasteiger partial charge in [-0.25, -0.2) is 9.97 Å². The van der Waals surface area contributed by atoms with Crippen LogP contribution in [0.3, 0.4) is 0 Å². The highest BCUT2D eigenvalue weighted by Crippen LogP contribution is 2.31. The van der Waals surface area contributed by atoms with Gasteiger partial charge in [-0.05, 0) is 12.1 Å². The van der Waals surface area contributed by atoms with Crippen LogP contribution in [0.15, 0.2) is 18.2 Å². The van der Waals surface area contributed by atoms with Crippen LogP contribution in [0.5, 0.6) is 0 Å². The van der Waals surface area contributed by atoms with Crippen molar-refractivity contribution in [2.75, 3.05) is 5.73 Å². The minimum Gasteiger partial charge on any atom is -0.481 e. The van der Waals surface area contributed by atoms with E-state index in [1.165, 1.54) is 0 Å². The number of carboxylic acids is 1. The molecular weight excluding hydrogens is 263 g/mol. The number of hydrogen-bond acceptors (Lipinski definition) is 4. The smallest absolute Gasteiger partial charge is 0.416 e. The second-order valence-corrected chi connectivity index (χ2v) is 3.83. The molecule has 0 aliphatic carbocycles. The van der Waals surface area contributed by atoms with E-state index in [2.05, 4.69) is 9.97 Å². The average molecular weight is 271 g/mol. The first-order chi connectivity index (χ1) is 8.77. The lowest BCUT2D eigenvalue weighted by Gasteiger charge is -2.09. The third-order valence-corrected chi connectivity index (χ3v) is 2.44. The Kier molecular flexibility index (Phi) is 3.01. The predicted molar refractivity (Wildman–Crippen MR) is 60.3 cm³/mol. The average Bonchev–Trinajstić information content (AvgIpc) is 2.25. The normalized spacial score (nSPS) is 11.7. The number of carbonyl (C=O) groups is 1. The molecule has 0 aliphatic heterocycles. The molecule has 0 fully saturated rings. The number of nitrogen functional groups attached to an aromatic ring is 1. The van der Waals surface area contributed by atoms with Gasteiger partial charge in [0.15, 0.2) is 0 Å². The van der Waals surface area contributed by atoms with Gasteiger partial charge in [-0.3, -0.25) is 4.79 Å². The monoisotopic (exact) mass is 271 g/mol. The van der Waals surface area contributed by atoms with E-state index in [1.54, 1.807) is 0 Å². The van der Waals surface area contributed by atoms with Gasteiger partial charge < -0.3 is 10.8 Å². The lowest BCUT2D eigenvalue weighted by molar-refractivity contribution is -0.138. The molecule has 1 heterocycles. The number of aromatic nitrogens is 2. The van der Waals surface area contributed by atoms with Crippen LogP contribution in [-0.4, -0.2) is 21.0 Å². The number of hydrogen-bond donors (Lipinski definition) is 2. The van der Waals surface area contributed by atoms with Crippen molar-refractivity contribution in [3.63, 3.8) is 0 Å². The van der Waals surface area contributed by atoms with Crippen LogP contribution in [-0.2, 0) is 17.4 Å². The molecule has 0 radical (unpaired) electrons. The third-order valence-electron chi connectivity index (χ3n) is 2.44. The molecule has 0 atom stereocenters. The van der Waals surface area contributed by atoms with Crippen molar-refractivity contribution in [1.29, 1.82) is 0 Å². The minimum atomic E-state index is -4.50. The molecule has 0 saturated carbocycles. The molecule has 3 N–H and O–H groups in total. The number of benzene rings is 1. The number of carboxylic acid groups (broad SMARTS) is 1. The molecule has 0 aliphatic rings. The van der Waals surface area contributed by atoms with Gasteiger partial charge >= 0.3 is 12.1 Å². The molecule has 19 heavy (non-hydrogen) atoms. The molecule has 0 amide bonds. The van der Waals surface area contributed by atoms with Crippen molar-refractivity contribution >= 4 is 22.8 Å². The van der Waals surface area contributed by atoms with Crippen LogP contribution >= 0.6 is 0 Å². The van der Waals surface area contributed by atoms with E-state index in [-0.39, 0.29) is 22.5 Å². The fourth-order valence-electron chi connectivity index (χ4n) is 1.67. The number of nitrogens with zero attached hydrogens (tertiary/aromatic N) is 2. The van der Waals surface area contributed by atoms with Crippen molar-refractivity contribution in [1.82, 2.24) is 9.97 Å². The molecule has 100 valence electrons. The Balaban J connectivity index is 2.64. The molecule has 2 aromatic rings. The summed E-state index contributed by atoms with van der Waals surface area (Å²) in [5, 5.41) is 8.96. The maximum Gasteiger partial charge on any atom is 0.416 e. The van der Waals surface area contributed by atoms with Crippen LogP contribution in [0.25, 0.3) is 10.9 Å². The van der Waals surface area contributed by atoms with Crippen molar-refractivity contribution in [3.8, 4) is 0 Å². The molecule has 0 unspecified atom stereocenters. The van der Waals surface area contributed by atoms with Crippen LogP contribution in [0.4, 0.5) is 19.1 Å². The summed E-state index contributed by atoms with van der Waals surface area (Å²) in [7, 11) is 0. The van der Waals surface area contributed by atoms with E-state index in [4.69, 9.17) is 10.8 Å². The lowest BCUT2D eigenvalue weighted by atomic mass is 10.1. The summed E-state index contributed by atoms with van der Waals surface area (Å²) in [6.45, 7) is 0. The van der Waals surface area contributed by atoms with Crippen LogP contribution in [0.1, 0.15) is 11.3 Å². The van der Waals surface area contributed by atoms with E-state index in [0.29, 0.717) is 0 Å².